The van der Waals surface area contributed by atoms with Crippen molar-refractivity contribution in [3.63, 3.8) is 0 Å². The number of aromatic nitrogens is 2. The first-order valence-electron chi connectivity index (χ1n) is 7.41. The molecular weight excluding hydrogens is 254 g/mol. The molecular formula is C14H23N5O. The molecule has 1 aromatic heterocycles. The number of ether oxygens (including phenoxy) is 1. The van der Waals surface area contributed by atoms with E-state index in [1.54, 1.807) is 0 Å². The van der Waals surface area contributed by atoms with Gasteiger partial charge >= 0.3 is 0 Å². The number of anilines is 1. The molecule has 1 atom stereocenters. The standard InChI is InChI=1S/C14H23N5O/c15-7-12-1-2-18(10-12)11-13-8-16-14(17-9-13)19-3-5-20-6-4-19/h8-9,12H,1-7,10-11,15H2. The van der Waals surface area contributed by atoms with Crippen LogP contribution in [0.1, 0.15) is 12.0 Å². The molecule has 20 heavy (non-hydrogen) atoms. The molecule has 0 amide bonds. The third-order valence-corrected chi connectivity index (χ3v) is 4.10. The summed E-state index contributed by atoms with van der Waals surface area (Å²) in [5.74, 6) is 1.47. The molecule has 2 aliphatic rings. The average molecular weight is 277 g/mol. The van der Waals surface area contributed by atoms with Crippen LogP contribution in [0.25, 0.3) is 0 Å². The van der Waals surface area contributed by atoms with Gasteiger partial charge in [-0.1, -0.05) is 0 Å². The molecule has 0 radical (unpaired) electrons. The van der Waals surface area contributed by atoms with Crippen LogP contribution in [0.5, 0.6) is 0 Å². The van der Waals surface area contributed by atoms with Gasteiger partial charge in [-0.15, -0.1) is 0 Å². The van der Waals surface area contributed by atoms with E-state index in [4.69, 9.17) is 10.5 Å². The summed E-state index contributed by atoms with van der Waals surface area (Å²) in [5, 5.41) is 0. The molecule has 6 nitrogen and oxygen atoms in total. The SMILES string of the molecule is NCC1CCN(Cc2cnc(N3CCOCC3)nc2)C1. The second kappa shape index (κ2) is 6.47. The highest BCUT2D eigenvalue weighted by atomic mass is 16.5. The maximum absolute atomic E-state index is 5.72. The Bertz CT molecular complexity index is 418. The fourth-order valence-corrected chi connectivity index (χ4v) is 2.86. The molecule has 6 heteroatoms. The van der Waals surface area contributed by atoms with Gasteiger partial charge in [-0.2, -0.15) is 0 Å². The van der Waals surface area contributed by atoms with Gasteiger partial charge in [0.15, 0.2) is 0 Å². The molecule has 2 N–H and O–H groups in total. The van der Waals surface area contributed by atoms with Crippen molar-refractivity contribution in [3.8, 4) is 0 Å². The first kappa shape index (κ1) is 13.7. The van der Waals surface area contributed by atoms with Gasteiger partial charge in [0, 0.05) is 44.1 Å². The van der Waals surface area contributed by atoms with Crippen LogP contribution in [0.2, 0.25) is 0 Å². The number of nitrogens with two attached hydrogens (primary N) is 1. The summed E-state index contributed by atoms with van der Waals surface area (Å²) in [6.07, 6.45) is 5.12. The van der Waals surface area contributed by atoms with Gasteiger partial charge in [-0.05, 0) is 25.4 Å². The minimum Gasteiger partial charge on any atom is -0.378 e. The van der Waals surface area contributed by atoms with Gasteiger partial charge in [0.1, 0.15) is 0 Å². The van der Waals surface area contributed by atoms with E-state index >= 15 is 0 Å². The van der Waals surface area contributed by atoms with Gasteiger partial charge in [-0.25, -0.2) is 9.97 Å². The Hall–Kier alpha value is -1.24. The molecule has 0 saturated carbocycles. The van der Waals surface area contributed by atoms with Gasteiger partial charge in [0.2, 0.25) is 5.95 Å². The maximum atomic E-state index is 5.72. The Morgan fingerprint density at radius 3 is 2.60 bits per heavy atom. The number of hydrogen-bond donors (Lipinski definition) is 1. The summed E-state index contributed by atoms with van der Waals surface area (Å²) in [4.78, 5) is 13.6. The lowest BCUT2D eigenvalue weighted by Gasteiger charge is -2.26. The molecule has 2 saturated heterocycles. The molecule has 1 aromatic rings. The van der Waals surface area contributed by atoms with Crippen LogP contribution in [0.3, 0.4) is 0 Å². The second-order valence-electron chi connectivity index (χ2n) is 5.62. The lowest BCUT2D eigenvalue weighted by molar-refractivity contribution is 0.122. The summed E-state index contributed by atoms with van der Waals surface area (Å²) in [5.41, 5.74) is 6.91. The zero-order valence-electron chi connectivity index (χ0n) is 11.9. The van der Waals surface area contributed by atoms with Crippen molar-refractivity contribution in [2.24, 2.45) is 11.7 Å². The predicted octanol–water partition coefficient (Wildman–Crippen LogP) is 0.0938. The zero-order valence-corrected chi connectivity index (χ0v) is 11.9. The van der Waals surface area contributed by atoms with E-state index in [1.165, 1.54) is 12.0 Å². The Morgan fingerprint density at radius 1 is 1.20 bits per heavy atom. The Kier molecular flexibility index (Phi) is 4.44. The van der Waals surface area contributed by atoms with Crippen molar-refractivity contribution < 1.29 is 4.74 Å². The van der Waals surface area contributed by atoms with Crippen LogP contribution in [-0.2, 0) is 11.3 Å². The molecule has 0 bridgehead atoms. The summed E-state index contributed by atoms with van der Waals surface area (Å²) in [6, 6.07) is 0. The van der Waals surface area contributed by atoms with Gasteiger partial charge in [0.05, 0.1) is 13.2 Å². The van der Waals surface area contributed by atoms with E-state index in [0.29, 0.717) is 5.92 Å². The highest BCUT2D eigenvalue weighted by Crippen LogP contribution is 2.17. The topological polar surface area (TPSA) is 67.5 Å². The Morgan fingerprint density at radius 2 is 1.95 bits per heavy atom. The van der Waals surface area contributed by atoms with Gasteiger partial charge in [0.25, 0.3) is 0 Å². The number of nitrogens with zero attached hydrogens (tertiary/aromatic N) is 4. The number of hydrogen-bond acceptors (Lipinski definition) is 6. The van der Waals surface area contributed by atoms with Crippen LogP contribution in [0.15, 0.2) is 12.4 Å². The number of rotatable bonds is 4. The van der Waals surface area contributed by atoms with Crippen molar-refractivity contribution >= 4 is 5.95 Å². The van der Waals surface area contributed by atoms with E-state index < -0.39 is 0 Å². The normalized spacial score (nSPS) is 24.2. The highest BCUT2D eigenvalue weighted by molar-refractivity contribution is 5.30. The van der Waals surface area contributed by atoms with E-state index in [1.807, 2.05) is 12.4 Å². The molecule has 0 spiro atoms. The molecule has 0 aromatic carbocycles. The lowest BCUT2D eigenvalue weighted by Crippen LogP contribution is -2.37. The van der Waals surface area contributed by atoms with Gasteiger partial charge < -0.3 is 15.4 Å². The van der Waals surface area contributed by atoms with Gasteiger partial charge in [-0.3, -0.25) is 4.90 Å². The fourth-order valence-electron chi connectivity index (χ4n) is 2.86. The molecule has 2 fully saturated rings. The average Bonchev–Trinajstić information content (AvgIpc) is 2.97. The van der Waals surface area contributed by atoms with Crippen LogP contribution in [-0.4, -0.2) is 60.8 Å². The Labute approximate surface area is 119 Å². The molecule has 110 valence electrons. The minimum absolute atomic E-state index is 0.656. The monoisotopic (exact) mass is 277 g/mol. The van der Waals surface area contributed by atoms with Crippen molar-refractivity contribution in [2.45, 2.75) is 13.0 Å². The van der Waals surface area contributed by atoms with Crippen LogP contribution in [0.4, 0.5) is 5.95 Å². The largest absolute Gasteiger partial charge is 0.378 e. The summed E-state index contributed by atoms with van der Waals surface area (Å²) in [7, 11) is 0. The smallest absolute Gasteiger partial charge is 0.225 e. The lowest BCUT2D eigenvalue weighted by atomic mass is 10.1. The molecule has 1 unspecified atom stereocenters. The number of morpholine rings is 1. The first-order valence-corrected chi connectivity index (χ1v) is 7.41. The van der Waals surface area contributed by atoms with Crippen molar-refractivity contribution in [2.75, 3.05) is 50.8 Å². The van der Waals surface area contributed by atoms with E-state index in [9.17, 15) is 0 Å². The van der Waals surface area contributed by atoms with E-state index in [2.05, 4.69) is 19.8 Å². The second-order valence-corrected chi connectivity index (χ2v) is 5.62. The molecule has 0 aliphatic carbocycles. The van der Waals surface area contributed by atoms with E-state index in [0.717, 1.165) is 58.4 Å². The van der Waals surface area contributed by atoms with Crippen LogP contribution < -0.4 is 10.6 Å². The maximum Gasteiger partial charge on any atom is 0.225 e. The van der Waals surface area contributed by atoms with Crippen LogP contribution in [0, 0.1) is 5.92 Å². The first-order chi connectivity index (χ1) is 9.85. The zero-order chi connectivity index (χ0) is 13.8. The fraction of sp³-hybridized carbons (Fsp3) is 0.714. The van der Waals surface area contributed by atoms with Crippen molar-refractivity contribution in [1.29, 1.82) is 0 Å². The predicted molar refractivity (Wildman–Crippen MR) is 77.5 cm³/mol. The van der Waals surface area contributed by atoms with E-state index in [-0.39, 0.29) is 0 Å². The molecule has 3 rings (SSSR count). The summed E-state index contributed by atoms with van der Waals surface area (Å²) in [6.45, 7) is 7.24. The minimum atomic E-state index is 0.656. The van der Waals surface area contributed by atoms with Crippen molar-refractivity contribution in [3.05, 3.63) is 18.0 Å². The number of likely N-dealkylation sites (tertiary alicyclic amines) is 1. The highest BCUT2D eigenvalue weighted by Gasteiger charge is 2.21. The third-order valence-electron chi connectivity index (χ3n) is 4.10. The molecule has 3 heterocycles. The summed E-state index contributed by atoms with van der Waals surface area (Å²) >= 11 is 0. The molecule has 2 aliphatic heterocycles. The third kappa shape index (κ3) is 3.26. The van der Waals surface area contributed by atoms with Crippen molar-refractivity contribution in [1.82, 2.24) is 14.9 Å². The Balaban J connectivity index is 1.56. The summed E-state index contributed by atoms with van der Waals surface area (Å²) < 4.78 is 5.34. The van der Waals surface area contributed by atoms with Crippen LogP contribution >= 0.6 is 0 Å². The quantitative estimate of drug-likeness (QED) is 0.841.